The number of ether oxygens (including phenoxy) is 1. The van der Waals surface area contributed by atoms with Crippen molar-refractivity contribution in [2.24, 2.45) is 0 Å². The van der Waals surface area contributed by atoms with Crippen LogP contribution in [0, 0.1) is 0 Å². The molecule has 1 fully saturated rings. The van der Waals surface area contributed by atoms with Gasteiger partial charge in [-0.25, -0.2) is 0 Å². The Morgan fingerprint density at radius 3 is 3.22 bits per heavy atom. The van der Waals surface area contributed by atoms with Crippen molar-refractivity contribution in [2.45, 2.75) is 32.1 Å². The highest BCUT2D eigenvalue weighted by atomic mass is 32.1. The van der Waals surface area contributed by atoms with E-state index in [4.69, 9.17) is 9.26 Å². The second-order valence-corrected chi connectivity index (χ2v) is 5.57. The van der Waals surface area contributed by atoms with Crippen molar-refractivity contribution in [1.82, 2.24) is 10.1 Å². The molecule has 0 amide bonds. The zero-order chi connectivity index (χ0) is 12.4. The van der Waals surface area contributed by atoms with E-state index in [1.165, 1.54) is 4.88 Å². The molecule has 0 unspecified atom stereocenters. The van der Waals surface area contributed by atoms with Gasteiger partial charge in [0.05, 0.1) is 12.2 Å². The van der Waals surface area contributed by atoms with Gasteiger partial charge in [-0.05, 0) is 18.9 Å². The highest BCUT2D eigenvalue weighted by Gasteiger charge is 2.23. The topological polar surface area (TPSA) is 48.2 Å². The Morgan fingerprint density at radius 1 is 1.50 bits per heavy atom. The number of hydrogen-bond acceptors (Lipinski definition) is 5. The monoisotopic (exact) mass is 264 g/mol. The standard InChI is InChI=1S/C13H16N2O2S/c1-2-3-11-6-10(8-18-11)13-14-12(15-17-13)9-4-5-16-7-9/h6,8-9H,2-5,7H2,1H3/t9-/m1/s1. The summed E-state index contributed by atoms with van der Waals surface area (Å²) in [4.78, 5) is 5.86. The third kappa shape index (κ3) is 2.33. The fourth-order valence-electron chi connectivity index (χ4n) is 2.13. The van der Waals surface area contributed by atoms with Crippen LogP contribution in [0.15, 0.2) is 16.0 Å². The largest absolute Gasteiger partial charge is 0.381 e. The number of thiophene rings is 1. The van der Waals surface area contributed by atoms with Crippen LogP contribution in [0.25, 0.3) is 11.5 Å². The van der Waals surface area contributed by atoms with Gasteiger partial charge < -0.3 is 9.26 Å². The highest BCUT2D eigenvalue weighted by molar-refractivity contribution is 7.10. The van der Waals surface area contributed by atoms with Gasteiger partial charge in [0.15, 0.2) is 5.82 Å². The van der Waals surface area contributed by atoms with E-state index >= 15 is 0 Å². The van der Waals surface area contributed by atoms with E-state index in [0.29, 0.717) is 18.4 Å². The molecule has 96 valence electrons. The van der Waals surface area contributed by atoms with Gasteiger partial charge in [0, 0.05) is 22.8 Å². The molecule has 1 saturated heterocycles. The first-order valence-corrected chi connectivity index (χ1v) is 7.24. The Morgan fingerprint density at radius 2 is 2.44 bits per heavy atom. The van der Waals surface area contributed by atoms with Gasteiger partial charge in [0.1, 0.15) is 0 Å². The molecule has 3 heterocycles. The van der Waals surface area contributed by atoms with Crippen LogP contribution < -0.4 is 0 Å². The summed E-state index contributed by atoms with van der Waals surface area (Å²) in [5.41, 5.74) is 1.04. The maximum absolute atomic E-state index is 5.34. The minimum Gasteiger partial charge on any atom is -0.381 e. The normalized spacial score (nSPS) is 19.5. The zero-order valence-electron chi connectivity index (χ0n) is 10.4. The maximum atomic E-state index is 5.34. The van der Waals surface area contributed by atoms with Crippen LogP contribution in [0.2, 0.25) is 0 Å². The minimum absolute atomic E-state index is 0.302. The van der Waals surface area contributed by atoms with Gasteiger partial charge in [0.25, 0.3) is 5.89 Å². The maximum Gasteiger partial charge on any atom is 0.258 e. The average Bonchev–Trinajstić information content (AvgIpc) is 3.10. The predicted molar refractivity (Wildman–Crippen MR) is 69.8 cm³/mol. The lowest BCUT2D eigenvalue weighted by atomic mass is 10.1. The second-order valence-electron chi connectivity index (χ2n) is 4.57. The summed E-state index contributed by atoms with van der Waals surface area (Å²) < 4.78 is 10.7. The van der Waals surface area contributed by atoms with E-state index < -0.39 is 0 Å². The Hall–Kier alpha value is -1.20. The molecule has 1 aliphatic heterocycles. The Kier molecular flexibility index (Phi) is 3.43. The number of hydrogen-bond donors (Lipinski definition) is 0. The molecule has 0 N–H and O–H groups in total. The molecule has 3 rings (SSSR count). The lowest BCUT2D eigenvalue weighted by Crippen LogP contribution is -1.99. The van der Waals surface area contributed by atoms with Crippen LogP contribution in [-0.2, 0) is 11.2 Å². The van der Waals surface area contributed by atoms with E-state index in [1.54, 1.807) is 11.3 Å². The second kappa shape index (κ2) is 5.20. The summed E-state index contributed by atoms with van der Waals surface area (Å²) in [5.74, 6) is 1.72. The van der Waals surface area contributed by atoms with Crippen LogP contribution in [0.1, 0.15) is 36.4 Å². The third-order valence-electron chi connectivity index (χ3n) is 3.13. The summed E-state index contributed by atoms with van der Waals surface area (Å²) in [6, 6.07) is 2.15. The molecule has 5 heteroatoms. The summed E-state index contributed by atoms with van der Waals surface area (Å²) in [6.45, 7) is 3.70. The van der Waals surface area contributed by atoms with Crippen molar-refractivity contribution in [2.75, 3.05) is 13.2 Å². The van der Waals surface area contributed by atoms with Crippen LogP contribution in [-0.4, -0.2) is 23.4 Å². The molecule has 0 radical (unpaired) electrons. The molecule has 18 heavy (non-hydrogen) atoms. The average molecular weight is 264 g/mol. The first kappa shape index (κ1) is 11.9. The van der Waals surface area contributed by atoms with Crippen molar-refractivity contribution in [3.63, 3.8) is 0 Å². The fraction of sp³-hybridized carbons (Fsp3) is 0.538. The summed E-state index contributed by atoms with van der Waals surface area (Å²) in [5, 5.41) is 6.16. The molecular formula is C13H16N2O2S. The van der Waals surface area contributed by atoms with Gasteiger partial charge in [-0.1, -0.05) is 18.5 Å². The summed E-state index contributed by atoms with van der Waals surface area (Å²) in [6.07, 6.45) is 3.26. The molecule has 0 bridgehead atoms. The van der Waals surface area contributed by atoms with Crippen molar-refractivity contribution in [3.05, 3.63) is 22.1 Å². The van der Waals surface area contributed by atoms with Gasteiger partial charge in [0.2, 0.25) is 0 Å². The summed E-state index contributed by atoms with van der Waals surface area (Å²) in [7, 11) is 0. The molecule has 0 aromatic carbocycles. The molecule has 0 spiro atoms. The molecule has 1 atom stereocenters. The SMILES string of the molecule is CCCc1cc(-c2nc([C@@H]3CCOC3)no2)cs1. The minimum atomic E-state index is 0.302. The third-order valence-corrected chi connectivity index (χ3v) is 4.13. The van der Waals surface area contributed by atoms with E-state index in [9.17, 15) is 0 Å². The van der Waals surface area contributed by atoms with Gasteiger partial charge in [-0.3, -0.25) is 0 Å². The van der Waals surface area contributed by atoms with Gasteiger partial charge in [-0.2, -0.15) is 4.98 Å². The van der Waals surface area contributed by atoms with E-state index in [2.05, 4.69) is 28.5 Å². The predicted octanol–water partition coefficient (Wildman–Crippen LogP) is 3.25. The van der Waals surface area contributed by atoms with Gasteiger partial charge in [-0.15, -0.1) is 11.3 Å². The van der Waals surface area contributed by atoms with E-state index in [1.807, 2.05) is 0 Å². The Bertz CT molecular complexity index is 515. The van der Waals surface area contributed by atoms with Crippen molar-refractivity contribution < 1.29 is 9.26 Å². The lowest BCUT2D eigenvalue weighted by Gasteiger charge is -1.97. The molecular weight excluding hydrogens is 248 g/mol. The number of aryl methyl sites for hydroxylation is 1. The van der Waals surface area contributed by atoms with E-state index in [0.717, 1.165) is 37.3 Å². The van der Waals surface area contributed by atoms with Crippen LogP contribution in [0.5, 0.6) is 0 Å². The molecule has 2 aromatic rings. The molecule has 2 aromatic heterocycles. The van der Waals surface area contributed by atoms with Crippen LogP contribution >= 0.6 is 11.3 Å². The van der Waals surface area contributed by atoms with Crippen molar-refractivity contribution in [3.8, 4) is 11.5 Å². The first-order valence-electron chi connectivity index (χ1n) is 6.36. The number of nitrogens with zero attached hydrogens (tertiary/aromatic N) is 2. The van der Waals surface area contributed by atoms with Crippen molar-refractivity contribution >= 4 is 11.3 Å². The highest BCUT2D eigenvalue weighted by Crippen LogP contribution is 2.28. The smallest absolute Gasteiger partial charge is 0.258 e. The number of rotatable bonds is 4. The fourth-order valence-corrected chi connectivity index (χ4v) is 3.09. The van der Waals surface area contributed by atoms with E-state index in [-0.39, 0.29) is 0 Å². The lowest BCUT2D eigenvalue weighted by molar-refractivity contribution is 0.192. The van der Waals surface area contributed by atoms with Crippen LogP contribution in [0.3, 0.4) is 0 Å². The first-order chi connectivity index (χ1) is 8.86. The Balaban J connectivity index is 1.78. The zero-order valence-corrected chi connectivity index (χ0v) is 11.2. The molecule has 4 nitrogen and oxygen atoms in total. The summed E-state index contributed by atoms with van der Waals surface area (Å²) >= 11 is 1.76. The van der Waals surface area contributed by atoms with Crippen LogP contribution in [0.4, 0.5) is 0 Å². The number of aromatic nitrogens is 2. The molecule has 1 aliphatic rings. The quantitative estimate of drug-likeness (QED) is 0.850. The van der Waals surface area contributed by atoms with Crippen molar-refractivity contribution in [1.29, 1.82) is 0 Å². The molecule has 0 aliphatic carbocycles. The molecule has 0 saturated carbocycles. The Labute approximate surface area is 110 Å². The van der Waals surface area contributed by atoms with Gasteiger partial charge >= 0.3 is 0 Å².